The summed E-state index contributed by atoms with van der Waals surface area (Å²) in [7, 11) is 0. The Morgan fingerprint density at radius 3 is 2.39 bits per heavy atom. The van der Waals surface area contributed by atoms with E-state index in [1.807, 2.05) is 24.3 Å². The van der Waals surface area contributed by atoms with Crippen molar-refractivity contribution < 1.29 is 0 Å². The molecule has 0 heterocycles. The summed E-state index contributed by atoms with van der Waals surface area (Å²) >= 11 is 3.51. The molecule has 142 valence electrons. The molecule has 2 aliphatic carbocycles. The van der Waals surface area contributed by atoms with Gasteiger partial charge in [0.2, 0.25) is 0 Å². The molecule has 0 bridgehead atoms. The minimum Gasteiger partial charge on any atom is -0.399 e. The van der Waals surface area contributed by atoms with Crippen LogP contribution in [0.5, 0.6) is 0 Å². The molecule has 2 aliphatic rings. The summed E-state index contributed by atoms with van der Waals surface area (Å²) in [5.74, 6) is -0.132. The molecule has 3 atom stereocenters. The van der Waals surface area contributed by atoms with Gasteiger partial charge in [-0.05, 0) is 53.4 Å². The zero-order valence-electron chi connectivity index (χ0n) is 16.3. The first-order chi connectivity index (χ1) is 13.2. The van der Waals surface area contributed by atoms with Crippen LogP contribution in [0.3, 0.4) is 0 Å². The molecule has 5 heteroatoms. The Bertz CT molecular complexity index is 977. The highest BCUT2D eigenvalue weighted by Crippen LogP contribution is 2.58. The monoisotopic (exact) mass is 434 g/mol. The van der Waals surface area contributed by atoms with Crippen LogP contribution in [0, 0.1) is 56.7 Å². The average molecular weight is 435 g/mol. The molecule has 0 fully saturated rings. The summed E-state index contributed by atoms with van der Waals surface area (Å²) in [4.78, 5) is 0. The van der Waals surface area contributed by atoms with E-state index in [9.17, 15) is 15.8 Å². The molecule has 0 saturated carbocycles. The van der Waals surface area contributed by atoms with Crippen LogP contribution in [0.1, 0.15) is 45.1 Å². The standard InChI is InChI=1S/C23H23BrN4/c1-22(2,3)15-7-8-17-18(10-15)20(14-5-4-6-16(24)9-14)23(12-26,13-27)21(28)19(17)11-25/h4-6,8-9,15,18,20H,7,10,28H2,1-3H3/t15-,18+,20-/m1/s1. The van der Waals surface area contributed by atoms with Crippen LogP contribution in [0.4, 0.5) is 0 Å². The van der Waals surface area contributed by atoms with Gasteiger partial charge in [0, 0.05) is 10.4 Å². The van der Waals surface area contributed by atoms with Crippen LogP contribution >= 0.6 is 15.9 Å². The molecule has 1 aromatic carbocycles. The Morgan fingerprint density at radius 2 is 1.86 bits per heavy atom. The molecule has 0 unspecified atom stereocenters. The van der Waals surface area contributed by atoms with Crippen molar-refractivity contribution in [3.05, 3.63) is 57.2 Å². The van der Waals surface area contributed by atoms with Crippen molar-refractivity contribution in [2.75, 3.05) is 0 Å². The SMILES string of the molecule is CC(C)(C)[C@@H]1CC=C2C(C#N)=C(N)C(C#N)(C#N)[C@H](c3cccc(Br)c3)[C@H]2C1. The van der Waals surface area contributed by atoms with Gasteiger partial charge in [-0.25, -0.2) is 0 Å². The second-order valence-corrected chi connectivity index (χ2v) is 9.68. The summed E-state index contributed by atoms with van der Waals surface area (Å²) in [6, 6.07) is 14.3. The molecule has 0 amide bonds. The number of rotatable bonds is 1. The van der Waals surface area contributed by atoms with Crippen LogP contribution < -0.4 is 5.73 Å². The number of nitrogens with zero attached hydrogens (tertiary/aromatic N) is 3. The molecule has 2 N–H and O–H groups in total. The minimum absolute atomic E-state index is 0.0849. The summed E-state index contributed by atoms with van der Waals surface area (Å²) < 4.78 is 0.886. The third-order valence-electron chi connectivity index (χ3n) is 6.31. The molecule has 28 heavy (non-hydrogen) atoms. The molecule has 4 nitrogen and oxygen atoms in total. The highest BCUT2D eigenvalue weighted by molar-refractivity contribution is 9.10. The lowest BCUT2D eigenvalue weighted by Gasteiger charge is -2.47. The number of allylic oxidation sites excluding steroid dienone is 4. The zero-order chi connectivity index (χ0) is 20.7. The van der Waals surface area contributed by atoms with Gasteiger partial charge in [-0.3, -0.25) is 0 Å². The predicted molar refractivity (Wildman–Crippen MR) is 111 cm³/mol. The first-order valence-electron chi connectivity index (χ1n) is 9.38. The molecular formula is C23H23BrN4. The third-order valence-corrected chi connectivity index (χ3v) is 6.80. The highest BCUT2D eigenvalue weighted by atomic mass is 79.9. The molecule has 0 spiro atoms. The largest absolute Gasteiger partial charge is 0.399 e. The average Bonchev–Trinajstić information content (AvgIpc) is 2.66. The van der Waals surface area contributed by atoms with E-state index < -0.39 is 11.3 Å². The normalized spacial score (nSPS) is 26.3. The molecule has 0 aromatic heterocycles. The topological polar surface area (TPSA) is 97.4 Å². The first kappa shape index (κ1) is 20.2. The number of hydrogen-bond acceptors (Lipinski definition) is 4. The summed E-state index contributed by atoms with van der Waals surface area (Å²) in [5.41, 5.74) is 7.05. The Labute approximate surface area is 175 Å². The smallest absolute Gasteiger partial charge is 0.191 e. The number of benzene rings is 1. The van der Waals surface area contributed by atoms with E-state index in [1.165, 1.54) is 0 Å². The van der Waals surface area contributed by atoms with Crippen LogP contribution in [0.2, 0.25) is 0 Å². The first-order valence-corrected chi connectivity index (χ1v) is 10.2. The Morgan fingerprint density at radius 1 is 1.18 bits per heavy atom. The number of fused-ring (bicyclic) bond motifs is 1. The van der Waals surface area contributed by atoms with Crippen molar-refractivity contribution in [3.63, 3.8) is 0 Å². The summed E-state index contributed by atoms with van der Waals surface area (Å²) in [6.07, 6.45) is 3.79. The van der Waals surface area contributed by atoms with Crippen molar-refractivity contribution in [1.82, 2.24) is 0 Å². The van der Waals surface area contributed by atoms with Gasteiger partial charge in [0.15, 0.2) is 5.41 Å². The van der Waals surface area contributed by atoms with E-state index in [0.717, 1.165) is 28.5 Å². The molecular weight excluding hydrogens is 412 g/mol. The summed E-state index contributed by atoms with van der Waals surface area (Å²) in [6.45, 7) is 6.64. The van der Waals surface area contributed by atoms with E-state index >= 15 is 0 Å². The van der Waals surface area contributed by atoms with Crippen LogP contribution in [0.25, 0.3) is 0 Å². The minimum atomic E-state index is -1.56. The number of halogens is 1. The van der Waals surface area contributed by atoms with Crippen molar-refractivity contribution in [1.29, 1.82) is 15.8 Å². The van der Waals surface area contributed by atoms with E-state index in [2.05, 4.69) is 61.0 Å². The van der Waals surface area contributed by atoms with Crippen molar-refractivity contribution in [3.8, 4) is 18.2 Å². The molecule has 0 radical (unpaired) electrons. The lowest BCUT2D eigenvalue weighted by molar-refractivity contribution is 0.170. The maximum absolute atomic E-state index is 10.1. The fourth-order valence-electron chi connectivity index (χ4n) is 4.67. The fraction of sp³-hybridized carbons (Fsp3) is 0.435. The van der Waals surface area contributed by atoms with E-state index in [4.69, 9.17) is 5.73 Å². The van der Waals surface area contributed by atoms with Crippen molar-refractivity contribution in [2.24, 2.45) is 28.4 Å². The van der Waals surface area contributed by atoms with Crippen LogP contribution in [0.15, 0.2) is 51.7 Å². The lowest BCUT2D eigenvalue weighted by Crippen LogP contribution is -2.44. The fourth-order valence-corrected chi connectivity index (χ4v) is 5.09. The number of hydrogen-bond donors (Lipinski definition) is 1. The second-order valence-electron chi connectivity index (χ2n) is 8.77. The Kier molecular flexibility index (Phi) is 5.14. The van der Waals surface area contributed by atoms with E-state index in [1.54, 1.807) is 0 Å². The maximum Gasteiger partial charge on any atom is 0.191 e. The van der Waals surface area contributed by atoms with E-state index in [-0.39, 0.29) is 17.0 Å². The van der Waals surface area contributed by atoms with Gasteiger partial charge in [0.05, 0.1) is 23.4 Å². The van der Waals surface area contributed by atoms with Gasteiger partial charge in [-0.2, -0.15) is 15.8 Å². The maximum atomic E-state index is 10.1. The van der Waals surface area contributed by atoms with Gasteiger partial charge in [-0.1, -0.05) is 54.9 Å². The number of nitriles is 3. The van der Waals surface area contributed by atoms with Gasteiger partial charge in [0.25, 0.3) is 0 Å². The van der Waals surface area contributed by atoms with Gasteiger partial charge < -0.3 is 5.73 Å². The Balaban J connectivity index is 2.31. The van der Waals surface area contributed by atoms with Gasteiger partial charge in [0.1, 0.15) is 6.07 Å². The van der Waals surface area contributed by atoms with Crippen molar-refractivity contribution >= 4 is 15.9 Å². The molecule has 1 aromatic rings. The molecule has 3 rings (SSSR count). The highest BCUT2D eigenvalue weighted by Gasteiger charge is 2.55. The quantitative estimate of drug-likeness (QED) is 0.646. The summed E-state index contributed by atoms with van der Waals surface area (Å²) in [5, 5.41) is 30.0. The molecule has 0 saturated heterocycles. The zero-order valence-corrected chi connectivity index (χ0v) is 17.9. The van der Waals surface area contributed by atoms with Crippen LogP contribution in [-0.4, -0.2) is 0 Å². The predicted octanol–water partition coefficient (Wildman–Crippen LogP) is 5.31. The van der Waals surface area contributed by atoms with E-state index in [0.29, 0.717) is 11.5 Å². The van der Waals surface area contributed by atoms with Gasteiger partial charge >= 0.3 is 0 Å². The lowest BCUT2D eigenvalue weighted by atomic mass is 9.54. The van der Waals surface area contributed by atoms with Crippen molar-refractivity contribution in [2.45, 2.75) is 39.5 Å². The second kappa shape index (κ2) is 7.12. The third kappa shape index (κ3) is 3.03. The van der Waals surface area contributed by atoms with Gasteiger partial charge in [-0.15, -0.1) is 0 Å². The number of nitrogens with two attached hydrogens (primary N) is 1. The molecule has 0 aliphatic heterocycles. The van der Waals surface area contributed by atoms with Crippen LogP contribution in [-0.2, 0) is 0 Å². The Hall–Kier alpha value is -2.55.